The van der Waals surface area contributed by atoms with Crippen molar-refractivity contribution in [2.24, 2.45) is 0 Å². The molecule has 1 aliphatic heterocycles. The SMILES string of the molecule is O=C(OCC(=O)N(Cc1ccccc1)[C@H]1CCS(=O)(=O)C1)c1ccc(CO)cc1. The van der Waals surface area contributed by atoms with Crippen molar-refractivity contribution in [1.82, 2.24) is 4.90 Å². The number of hydrogen-bond donors (Lipinski definition) is 1. The third kappa shape index (κ3) is 5.65. The third-order valence-electron chi connectivity index (χ3n) is 4.86. The van der Waals surface area contributed by atoms with Crippen LogP contribution in [0.1, 0.15) is 27.9 Å². The van der Waals surface area contributed by atoms with E-state index in [9.17, 15) is 18.0 Å². The van der Waals surface area contributed by atoms with Crippen molar-refractivity contribution in [1.29, 1.82) is 0 Å². The Hall–Kier alpha value is -2.71. The second-order valence-corrected chi connectivity index (χ2v) is 9.22. The molecule has 2 aromatic rings. The highest BCUT2D eigenvalue weighted by atomic mass is 32.2. The van der Waals surface area contributed by atoms with Crippen LogP contribution in [-0.2, 0) is 32.5 Å². The number of sulfone groups is 1. The summed E-state index contributed by atoms with van der Waals surface area (Å²) < 4.78 is 28.9. The number of benzene rings is 2. The summed E-state index contributed by atoms with van der Waals surface area (Å²) in [6.45, 7) is -0.348. The van der Waals surface area contributed by atoms with Crippen LogP contribution < -0.4 is 0 Å². The normalized spacial score (nSPS) is 17.6. The number of carbonyl (C=O) groups is 2. The number of nitrogens with zero attached hydrogens (tertiary/aromatic N) is 1. The standard InChI is InChI=1S/C21H23NO6S/c23-13-17-6-8-18(9-7-17)21(25)28-14-20(24)22(12-16-4-2-1-3-5-16)19-10-11-29(26,27)15-19/h1-9,19,23H,10-15H2/t19-/m0/s1. The molecule has 7 nitrogen and oxygen atoms in total. The van der Waals surface area contributed by atoms with E-state index in [4.69, 9.17) is 9.84 Å². The van der Waals surface area contributed by atoms with Crippen molar-refractivity contribution < 1.29 is 27.9 Å². The fraction of sp³-hybridized carbons (Fsp3) is 0.333. The van der Waals surface area contributed by atoms with Crippen LogP contribution in [0.25, 0.3) is 0 Å². The van der Waals surface area contributed by atoms with Crippen LogP contribution in [0.4, 0.5) is 0 Å². The summed E-state index contributed by atoms with van der Waals surface area (Å²) in [6, 6.07) is 15.1. The molecule has 1 saturated heterocycles. The van der Waals surface area contributed by atoms with Crippen molar-refractivity contribution >= 4 is 21.7 Å². The summed E-state index contributed by atoms with van der Waals surface area (Å²) in [7, 11) is -3.17. The molecule has 3 rings (SSSR count). The van der Waals surface area contributed by atoms with E-state index < -0.39 is 34.4 Å². The lowest BCUT2D eigenvalue weighted by molar-refractivity contribution is -0.137. The minimum Gasteiger partial charge on any atom is -0.452 e. The van der Waals surface area contributed by atoms with Crippen molar-refractivity contribution in [3.05, 3.63) is 71.3 Å². The molecule has 0 bridgehead atoms. The van der Waals surface area contributed by atoms with Crippen LogP contribution in [0.2, 0.25) is 0 Å². The van der Waals surface area contributed by atoms with Crippen molar-refractivity contribution in [3.63, 3.8) is 0 Å². The number of carbonyl (C=O) groups excluding carboxylic acids is 2. The quantitative estimate of drug-likeness (QED) is 0.686. The Kier molecular flexibility index (Phi) is 6.66. The number of ether oxygens (including phenoxy) is 1. The Morgan fingerprint density at radius 3 is 2.31 bits per heavy atom. The molecule has 2 aromatic carbocycles. The van der Waals surface area contributed by atoms with Crippen LogP contribution in [0.3, 0.4) is 0 Å². The van der Waals surface area contributed by atoms with Gasteiger partial charge in [-0.25, -0.2) is 13.2 Å². The molecule has 1 N–H and O–H groups in total. The highest BCUT2D eigenvalue weighted by Crippen LogP contribution is 2.20. The van der Waals surface area contributed by atoms with E-state index in [0.717, 1.165) is 5.56 Å². The highest BCUT2D eigenvalue weighted by Gasteiger charge is 2.35. The maximum absolute atomic E-state index is 12.8. The van der Waals surface area contributed by atoms with Crippen LogP contribution in [-0.4, -0.2) is 54.5 Å². The number of esters is 1. The molecular weight excluding hydrogens is 394 g/mol. The largest absolute Gasteiger partial charge is 0.452 e. The van der Waals surface area contributed by atoms with Gasteiger partial charge in [0.05, 0.1) is 23.7 Å². The van der Waals surface area contributed by atoms with E-state index >= 15 is 0 Å². The minimum atomic E-state index is -3.17. The summed E-state index contributed by atoms with van der Waals surface area (Å²) in [5.41, 5.74) is 1.80. The van der Waals surface area contributed by atoms with Gasteiger partial charge in [0.2, 0.25) is 0 Å². The summed E-state index contributed by atoms with van der Waals surface area (Å²) in [5, 5.41) is 9.06. The Morgan fingerprint density at radius 1 is 1.03 bits per heavy atom. The van der Waals surface area contributed by atoms with Crippen molar-refractivity contribution in [2.75, 3.05) is 18.1 Å². The van der Waals surface area contributed by atoms with E-state index in [0.29, 0.717) is 12.0 Å². The van der Waals surface area contributed by atoms with E-state index in [1.165, 1.54) is 17.0 Å². The molecule has 0 unspecified atom stereocenters. The van der Waals surface area contributed by atoms with Gasteiger partial charge in [0.15, 0.2) is 16.4 Å². The van der Waals surface area contributed by atoms with Gasteiger partial charge >= 0.3 is 5.97 Å². The molecule has 1 heterocycles. The molecule has 29 heavy (non-hydrogen) atoms. The molecule has 1 atom stereocenters. The number of aliphatic hydroxyl groups excluding tert-OH is 1. The van der Waals surface area contributed by atoms with Crippen LogP contribution in [0.15, 0.2) is 54.6 Å². The topological polar surface area (TPSA) is 101 Å². The zero-order valence-electron chi connectivity index (χ0n) is 15.9. The maximum atomic E-state index is 12.8. The smallest absolute Gasteiger partial charge is 0.338 e. The first kappa shape index (κ1) is 21.0. The Bertz CT molecular complexity index is 956. The molecule has 0 saturated carbocycles. The lowest BCUT2D eigenvalue weighted by Crippen LogP contribution is -2.42. The van der Waals surface area contributed by atoms with E-state index in [1.54, 1.807) is 12.1 Å². The highest BCUT2D eigenvalue weighted by molar-refractivity contribution is 7.91. The Balaban J connectivity index is 1.67. The zero-order chi connectivity index (χ0) is 20.9. The first-order valence-corrected chi connectivity index (χ1v) is 11.1. The van der Waals surface area contributed by atoms with Crippen LogP contribution in [0, 0.1) is 0 Å². The lowest BCUT2D eigenvalue weighted by atomic mass is 10.1. The number of hydrogen-bond acceptors (Lipinski definition) is 6. The second-order valence-electron chi connectivity index (χ2n) is 7.00. The lowest BCUT2D eigenvalue weighted by Gasteiger charge is -2.28. The average Bonchev–Trinajstić information content (AvgIpc) is 3.10. The molecule has 8 heteroatoms. The first-order valence-electron chi connectivity index (χ1n) is 9.29. The molecule has 0 radical (unpaired) electrons. The molecule has 1 amide bonds. The summed E-state index contributed by atoms with van der Waals surface area (Å²) in [6.07, 6.45) is 0.372. The summed E-state index contributed by atoms with van der Waals surface area (Å²) >= 11 is 0. The molecule has 1 fully saturated rings. The van der Waals surface area contributed by atoms with Gasteiger partial charge in [-0.05, 0) is 29.7 Å². The van der Waals surface area contributed by atoms with Gasteiger partial charge < -0.3 is 14.7 Å². The zero-order valence-corrected chi connectivity index (χ0v) is 16.7. The first-order chi connectivity index (χ1) is 13.9. The summed E-state index contributed by atoms with van der Waals surface area (Å²) in [4.78, 5) is 26.5. The van der Waals surface area contributed by atoms with Gasteiger partial charge in [-0.2, -0.15) is 0 Å². The van der Waals surface area contributed by atoms with E-state index in [2.05, 4.69) is 0 Å². The Morgan fingerprint density at radius 2 is 1.72 bits per heavy atom. The van der Waals surface area contributed by atoms with Gasteiger partial charge in [-0.15, -0.1) is 0 Å². The second kappa shape index (κ2) is 9.19. The van der Waals surface area contributed by atoms with Crippen LogP contribution >= 0.6 is 0 Å². The fourth-order valence-electron chi connectivity index (χ4n) is 3.26. The molecule has 0 aromatic heterocycles. The molecule has 1 aliphatic rings. The fourth-order valence-corrected chi connectivity index (χ4v) is 4.99. The molecule has 0 spiro atoms. The maximum Gasteiger partial charge on any atom is 0.338 e. The molecular formula is C21H23NO6S. The van der Waals surface area contributed by atoms with E-state index in [-0.39, 0.29) is 30.2 Å². The van der Waals surface area contributed by atoms with Gasteiger partial charge in [-0.1, -0.05) is 42.5 Å². The average molecular weight is 417 g/mol. The van der Waals surface area contributed by atoms with Gasteiger partial charge in [0, 0.05) is 12.6 Å². The Labute approximate surface area is 169 Å². The monoisotopic (exact) mass is 417 g/mol. The third-order valence-corrected chi connectivity index (χ3v) is 6.61. The van der Waals surface area contributed by atoms with Crippen LogP contribution in [0.5, 0.6) is 0 Å². The number of aliphatic hydroxyl groups is 1. The minimum absolute atomic E-state index is 0.0488. The van der Waals surface area contributed by atoms with Crippen molar-refractivity contribution in [3.8, 4) is 0 Å². The van der Waals surface area contributed by atoms with Crippen molar-refractivity contribution in [2.45, 2.75) is 25.6 Å². The summed E-state index contributed by atoms with van der Waals surface area (Å²) in [5.74, 6) is -1.12. The molecule has 0 aliphatic carbocycles. The van der Waals surface area contributed by atoms with Gasteiger partial charge in [0.25, 0.3) is 5.91 Å². The molecule has 154 valence electrons. The number of rotatable bonds is 7. The van der Waals surface area contributed by atoms with Gasteiger partial charge in [0.1, 0.15) is 0 Å². The van der Waals surface area contributed by atoms with Gasteiger partial charge in [-0.3, -0.25) is 4.79 Å². The predicted molar refractivity (Wildman–Crippen MR) is 107 cm³/mol. The van der Waals surface area contributed by atoms with E-state index in [1.807, 2.05) is 30.3 Å². The number of amides is 1. The predicted octanol–water partition coefficient (Wildman–Crippen LogP) is 1.55.